The second kappa shape index (κ2) is 48.2. The first-order valence-electron chi connectivity index (χ1n) is 29.3. The highest BCUT2D eigenvalue weighted by atomic mass is 16.7. The van der Waals surface area contributed by atoms with E-state index in [0.29, 0.717) is 19.3 Å². The first-order chi connectivity index (χ1) is 34.6. The monoisotopic (exact) mass is 1010 g/mol. The standard InChI is InChI=1S/C59H106O12/c1-4-7-10-13-16-19-22-24-25-26-27-29-31-33-36-39-42-45-51(60)67-48-50(69-52(61)46-43-40-37-35-32-28-23-20-17-14-11-8-5-2)49-68-59-57(55(64)54(63)56(71-59)58(65)66)70-53(62)47-44-41-38-34-30-21-18-15-12-9-6-3/h11,14,20,23,50,54-57,59,63-64H,4-10,12-13,15-19,21-22,24-49H2,1-3H3,(H,65,66)/b14-11-,23-20-. The van der Waals surface area contributed by atoms with Gasteiger partial charge in [0.2, 0.25) is 0 Å². The van der Waals surface area contributed by atoms with Crippen LogP contribution in [0, 0.1) is 0 Å². The largest absolute Gasteiger partial charge is 0.479 e. The predicted molar refractivity (Wildman–Crippen MR) is 285 cm³/mol. The molecule has 1 heterocycles. The van der Waals surface area contributed by atoms with Gasteiger partial charge in [-0.1, -0.05) is 238 Å². The lowest BCUT2D eigenvalue weighted by molar-refractivity contribution is -0.301. The predicted octanol–water partition coefficient (Wildman–Crippen LogP) is 14.7. The number of aliphatic carboxylic acids is 1. The zero-order valence-corrected chi connectivity index (χ0v) is 45.5. The number of unbranched alkanes of at least 4 members (excludes halogenated alkanes) is 32. The van der Waals surface area contributed by atoms with Gasteiger partial charge in [-0.25, -0.2) is 4.79 Å². The number of carboxylic acids is 1. The van der Waals surface area contributed by atoms with Crippen LogP contribution in [-0.4, -0.2) is 89.2 Å². The van der Waals surface area contributed by atoms with E-state index in [1.807, 2.05) is 0 Å². The van der Waals surface area contributed by atoms with E-state index in [1.165, 1.54) is 122 Å². The molecule has 0 radical (unpaired) electrons. The number of hydrogen-bond acceptors (Lipinski definition) is 11. The number of esters is 3. The van der Waals surface area contributed by atoms with Gasteiger partial charge in [0, 0.05) is 19.3 Å². The van der Waals surface area contributed by atoms with Gasteiger partial charge in [0.05, 0.1) is 6.61 Å². The average molecular weight is 1010 g/mol. The summed E-state index contributed by atoms with van der Waals surface area (Å²) in [5.41, 5.74) is 0. The molecular weight excluding hydrogens is 901 g/mol. The first-order valence-corrected chi connectivity index (χ1v) is 29.3. The van der Waals surface area contributed by atoms with Crippen LogP contribution in [0.3, 0.4) is 0 Å². The zero-order chi connectivity index (χ0) is 51.8. The van der Waals surface area contributed by atoms with Crippen LogP contribution >= 0.6 is 0 Å². The van der Waals surface area contributed by atoms with Crippen molar-refractivity contribution < 1.29 is 58.2 Å². The number of hydrogen-bond donors (Lipinski definition) is 3. The van der Waals surface area contributed by atoms with Gasteiger partial charge < -0.3 is 39.0 Å². The highest BCUT2D eigenvalue weighted by molar-refractivity contribution is 5.74. The van der Waals surface area contributed by atoms with Crippen molar-refractivity contribution in [2.45, 2.75) is 314 Å². The van der Waals surface area contributed by atoms with Gasteiger partial charge >= 0.3 is 23.9 Å². The lowest BCUT2D eigenvalue weighted by Crippen LogP contribution is -2.61. The maximum absolute atomic E-state index is 13.1. The average Bonchev–Trinajstić information content (AvgIpc) is 3.35. The lowest BCUT2D eigenvalue weighted by atomic mass is 9.98. The van der Waals surface area contributed by atoms with E-state index >= 15 is 0 Å². The van der Waals surface area contributed by atoms with E-state index in [1.54, 1.807) is 0 Å². The number of aliphatic hydroxyl groups is 2. The van der Waals surface area contributed by atoms with Crippen LogP contribution in [0.4, 0.5) is 0 Å². The van der Waals surface area contributed by atoms with Crippen molar-refractivity contribution in [3.63, 3.8) is 0 Å². The van der Waals surface area contributed by atoms with Crippen LogP contribution in [0.25, 0.3) is 0 Å². The molecule has 0 amide bonds. The van der Waals surface area contributed by atoms with Gasteiger partial charge in [-0.3, -0.25) is 14.4 Å². The van der Waals surface area contributed by atoms with Crippen molar-refractivity contribution in [3.05, 3.63) is 24.3 Å². The Kier molecular flexibility index (Phi) is 44.9. The van der Waals surface area contributed by atoms with Gasteiger partial charge in [0.1, 0.15) is 18.8 Å². The number of carboxylic acid groups (broad SMARTS) is 1. The molecule has 71 heavy (non-hydrogen) atoms. The fraction of sp³-hybridized carbons (Fsp3) is 0.864. The maximum Gasteiger partial charge on any atom is 0.335 e. The van der Waals surface area contributed by atoms with Crippen LogP contribution in [-0.2, 0) is 42.9 Å². The molecule has 0 aromatic heterocycles. The van der Waals surface area contributed by atoms with Crippen molar-refractivity contribution in [2.24, 2.45) is 0 Å². The third-order valence-electron chi connectivity index (χ3n) is 13.5. The molecule has 1 aliphatic heterocycles. The van der Waals surface area contributed by atoms with Crippen molar-refractivity contribution in [1.82, 2.24) is 0 Å². The Morgan fingerprint density at radius 2 is 0.873 bits per heavy atom. The molecule has 6 unspecified atom stereocenters. The summed E-state index contributed by atoms with van der Waals surface area (Å²) in [6.07, 6.45) is 41.6. The topological polar surface area (TPSA) is 175 Å². The van der Waals surface area contributed by atoms with E-state index in [4.69, 9.17) is 23.7 Å². The van der Waals surface area contributed by atoms with Gasteiger partial charge in [0.25, 0.3) is 0 Å². The van der Waals surface area contributed by atoms with Crippen LogP contribution in [0.5, 0.6) is 0 Å². The summed E-state index contributed by atoms with van der Waals surface area (Å²) in [5.74, 6) is -3.11. The molecule has 0 spiro atoms. The third-order valence-corrected chi connectivity index (χ3v) is 13.5. The Morgan fingerprint density at radius 1 is 0.465 bits per heavy atom. The molecular formula is C59H106O12. The fourth-order valence-electron chi connectivity index (χ4n) is 9.00. The minimum absolute atomic E-state index is 0.0646. The van der Waals surface area contributed by atoms with Gasteiger partial charge in [-0.2, -0.15) is 0 Å². The quantitative estimate of drug-likeness (QED) is 0.0228. The highest BCUT2D eigenvalue weighted by Crippen LogP contribution is 2.26. The molecule has 0 saturated carbocycles. The van der Waals surface area contributed by atoms with E-state index in [9.17, 15) is 34.5 Å². The molecule has 12 heteroatoms. The van der Waals surface area contributed by atoms with Crippen molar-refractivity contribution >= 4 is 23.9 Å². The van der Waals surface area contributed by atoms with Gasteiger partial charge in [-0.15, -0.1) is 0 Å². The molecule has 6 atom stereocenters. The molecule has 1 saturated heterocycles. The van der Waals surface area contributed by atoms with E-state index in [2.05, 4.69) is 45.1 Å². The van der Waals surface area contributed by atoms with E-state index in [0.717, 1.165) is 96.3 Å². The first kappa shape index (κ1) is 66.2. The number of aliphatic hydroxyl groups excluding tert-OH is 2. The molecule has 1 fully saturated rings. The smallest absolute Gasteiger partial charge is 0.335 e. The van der Waals surface area contributed by atoms with Crippen molar-refractivity contribution in [2.75, 3.05) is 13.2 Å². The molecule has 1 rings (SSSR count). The lowest BCUT2D eigenvalue weighted by Gasteiger charge is -2.40. The van der Waals surface area contributed by atoms with Crippen molar-refractivity contribution in [1.29, 1.82) is 0 Å². The minimum Gasteiger partial charge on any atom is -0.479 e. The summed E-state index contributed by atoms with van der Waals surface area (Å²) >= 11 is 0. The highest BCUT2D eigenvalue weighted by Gasteiger charge is 2.50. The number of carbonyl (C=O) groups excluding carboxylic acids is 3. The molecule has 0 aromatic rings. The van der Waals surface area contributed by atoms with Gasteiger partial charge in [-0.05, 0) is 44.9 Å². The zero-order valence-electron chi connectivity index (χ0n) is 45.5. The second-order valence-corrected chi connectivity index (χ2v) is 20.3. The third kappa shape index (κ3) is 38.4. The minimum atomic E-state index is -1.90. The van der Waals surface area contributed by atoms with E-state index < -0.39 is 67.3 Å². The molecule has 0 bridgehead atoms. The molecule has 0 aromatic carbocycles. The van der Waals surface area contributed by atoms with Crippen LogP contribution < -0.4 is 0 Å². The number of rotatable bonds is 50. The van der Waals surface area contributed by atoms with Crippen molar-refractivity contribution in [3.8, 4) is 0 Å². The maximum atomic E-state index is 13.1. The Bertz CT molecular complexity index is 1340. The summed E-state index contributed by atoms with van der Waals surface area (Å²) in [4.78, 5) is 51.0. The SMILES string of the molecule is CCC/C=C\C/C=C\CCCCCCCC(=O)OC(COC(=O)CCCCCCCCCCCCCCCCCCC)COC1OC(C(=O)O)C(O)C(O)C1OC(=O)CCCCCCCCCCCCC. The Labute approximate surface area is 432 Å². The van der Waals surface area contributed by atoms with E-state index in [-0.39, 0.29) is 25.9 Å². The number of carbonyl (C=O) groups is 4. The Morgan fingerprint density at radius 3 is 1.32 bits per heavy atom. The Hall–Kier alpha value is -2.80. The van der Waals surface area contributed by atoms with Crippen LogP contribution in [0.2, 0.25) is 0 Å². The summed E-state index contributed by atoms with van der Waals surface area (Å²) < 4.78 is 28.4. The number of allylic oxidation sites excluding steroid dienone is 4. The summed E-state index contributed by atoms with van der Waals surface area (Å²) in [7, 11) is 0. The molecule has 3 N–H and O–H groups in total. The van der Waals surface area contributed by atoms with Crippen LogP contribution in [0.15, 0.2) is 24.3 Å². The Balaban J connectivity index is 2.67. The fourth-order valence-corrected chi connectivity index (χ4v) is 9.00. The number of ether oxygens (including phenoxy) is 5. The van der Waals surface area contributed by atoms with Gasteiger partial charge in [0.15, 0.2) is 24.6 Å². The molecule has 414 valence electrons. The molecule has 0 aliphatic carbocycles. The molecule has 1 aliphatic rings. The summed E-state index contributed by atoms with van der Waals surface area (Å²) in [5, 5.41) is 31.4. The summed E-state index contributed by atoms with van der Waals surface area (Å²) in [6.45, 7) is 5.92. The molecule has 12 nitrogen and oxygen atoms in total. The summed E-state index contributed by atoms with van der Waals surface area (Å²) in [6, 6.07) is 0. The second-order valence-electron chi connectivity index (χ2n) is 20.3. The van der Waals surface area contributed by atoms with Crippen LogP contribution in [0.1, 0.15) is 278 Å². The normalized spacial score (nSPS) is 18.6.